The Balaban J connectivity index is 2.11. The first-order chi connectivity index (χ1) is 8.72. The lowest BCUT2D eigenvalue weighted by molar-refractivity contribution is 0.0793. The highest BCUT2D eigenvalue weighted by Crippen LogP contribution is 2.24. The second-order valence-electron chi connectivity index (χ2n) is 3.65. The minimum Gasteiger partial charge on any atom is -0.462 e. The second kappa shape index (κ2) is 5.47. The van der Waals surface area contributed by atoms with Crippen molar-refractivity contribution in [2.45, 2.75) is 6.42 Å². The molecule has 18 heavy (non-hydrogen) atoms. The van der Waals surface area contributed by atoms with Gasteiger partial charge in [-0.15, -0.1) is 11.3 Å². The number of carbonyl (C=O) groups excluding carboxylic acids is 1. The SMILES string of the molecule is CN(CCC#N)C(=O)c1csc(-c2ccco2)n1. The Bertz CT molecular complexity index is 568. The lowest BCUT2D eigenvalue weighted by Crippen LogP contribution is -2.27. The van der Waals surface area contributed by atoms with Gasteiger partial charge in [-0.3, -0.25) is 4.79 Å². The predicted octanol–water partition coefficient (Wildman–Crippen LogP) is 2.39. The summed E-state index contributed by atoms with van der Waals surface area (Å²) in [6.07, 6.45) is 1.88. The molecule has 6 heteroatoms. The zero-order chi connectivity index (χ0) is 13.0. The topological polar surface area (TPSA) is 70.1 Å². The van der Waals surface area contributed by atoms with Gasteiger partial charge >= 0.3 is 0 Å². The van der Waals surface area contributed by atoms with E-state index in [9.17, 15) is 4.79 Å². The number of nitrogens with zero attached hydrogens (tertiary/aromatic N) is 3. The summed E-state index contributed by atoms with van der Waals surface area (Å²) in [5, 5.41) is 10.9. The molecule has 0 aromatic carbocycles. The van der Waals surface area contributed by atoms with Crippen LogP contribution in [0.15, 0.2) is 28.2 Å². The molecule has 2 heterocycles. The highest BCUT2D eigenvalue weighted by molar-refractivity contribution is 7.13. The lowest BCUT2D eigenvalue weighted by Gasteiger charge is -2.13. The van der Waals surface area contributed by atoms with Gasteiger partial charge in [-0.2, -0.15) is 5.26 Å². The van der Waals surface area contributed by atoms with Crippen LogP contribution >= 0.6 is 11.3 Å². The molecule has 0 bridgehead atoms. The van der Waals surface area contributed by atoms with Crippen LogP contribution in [0.4, 0.5) is 0 Å². The van der Waals surface area contributed by atoms with Gasteiger partial charge in [0.1, 0.15) is 5.69 Å². The van der Waals surface area contributed by atoms with Crippen LogP contribution in [0.5, 0.6) is 0 Å². The third-order valence-corrected chi connectivity index (χ3v) is 3.22. The first-order valence-electron chi connectivity index (χ1n) is 5.34. The highest BCUT2D eigenvalue weighted by atomic mass is 32.1. The molecule has 0 saturated heterocycles. The maximum atomic E-state index is 12.0. The van der Waals surface area contributed by atoms with E-state index in [2.05, 4.69) is 4.98 Å². The summed E-state index contributed by atoms with van der Waals surface area (Å²) < 4.78 is 5.22. The Labute approximate surface area is 108 Å². The summed E-state index contributed by atoms with van der Waals surface area (Å²) in [5.41, 5.74) is 0.381. The molecule has 2 rings (SSSR count). The Hall–Kier alpha value is -2.13. The van der Waals surface area contributed by atoms with E-state index in [0.717, 1.165) is 0 Å². The molecule has 0 aliphatic carbocycles. The number of amides is 1. The molecule has 0 aliphatic rings. The molecule has 0 aliphatic heterocycles. The lowest BCUT2D eigenvalue weighted by atomic mass is 10.3. The van der Waals surface area contributed by atoms with E-state index in [1.54, 1.807) is 30.8 Å². The van der Waals surface area contributed by atoms with Gasteiger partial charge in [-0.1, -0.05) is 0 Å². The largest absolute Gasteiger partial charge is 0.462 e. The molecular formula is C12H11N3O2S. The van der Waals surface area contributed by atoms with Crippen LogP contribution in [-0.4, -0.2) is 29.4 Å². The van der Waals surface area contributed by atoms with Gasteiger partial charge in [0.15, 0.2) is 10.8 Å². The summed E-state index contributed by atoms with van der Waals surface area (Å²) in [6.45, 7) is 0.406. The van der Waals surface area contributed by atoms with E-state index in [4.69, 9.17) is 9.68 Å². The van der Waals surface area contributed by atoms with Crippen LogP contribution in [0.3, 0.4) is 0 Å². The minimum absolute atomic E-state index is 0.181. The minimum atomic E-state index is -0.181. The number of aromatic nitrogens is 1. The summed E-state index contributed by atoms with van der Waals surface area (Å²) >= 11 is 1.36. The fourth-order valence-electron chi connectivity index (χ4n) is 1.40. The zero-order valence-electron chi connectivity index (χ0n) is 9.79. The van der Waals surface area contributed by atoms with Crippen LogP contribution in [-0.2, 0) is 0 Å². The van der Waals surface area contributed by atoms with Crippen LogP contribution in [0.2, 0.25) is 0 Å². The van der Waals surface area contributed by atoms with Crippen LogP contribution < -0.4 is 0 Å². The molecule has 0 unspecified atom stereocenters. The molecule has 0 N–H and O–H groups in total. The highest BCUT2D eigenvalue weighted by Gasteiger charge is 2.16. The van der Waals surface area contributed by atoms with Gasteiger partial charge in [0, 0.05) is 19.0 Å². The van der Waals surface area contributed by atoms with Gasteiger partial charge in [0.2, 0.25) is 0 Å². The van der Waals surface area contributed by atoms with Gasteiger partial charge in [0.05, 0.1) is 18.8 Å². The smallest absolute Gasteiger partial charge is 0.273 e. The van der Waals surface area contributed by atoms with Crippen molar-refractivity contribution in [3.63, 3.8) is 0 Å². The molecule has 92 valence electrons. The molecule has 0 radical (unpaired) electrons. The number of carbonyl (C=O) groups is 1. The fraction of sp³-hybridized carbons (Fsp3) is 0.250. The molecule has 0 saturated carbocycles. The van der Waals surface area contributed by atoms with E-state index < -0.39 is 0 Å². The standard InChI is InChI=1S/C12H11N3O2S/c1-15(6-3-5-13)12(16)9-8-18-11(14-9)10-4-2-7-17-10/h2,4,7-8H,3,6H2,1H3. The first kappa shape index (κ1) is 12.3. The molecular weight excluding hydrogens is 250 g/mol. The maximum absolute atomic E-state index is 12.0. The van der Waals surface area contributed by atoms with Gasteiger partial charge in [-0.25, -0.2) is 4.98 Å². The quantitative estimate of drug-likeness (QED) is 0.847. The van der Waals surface area contributed by atoms with Gasteiger partial charge in [0.25, 0.3) is 5.91 Å². The van der Waals surface area contributed by atoms with E-state index in [0.29, 0.717) is 29.4 Å². The summed E-state index contributed by atoms with van der Waals surface area (Å²) in [7, 11) is 1.66. The Kier molecular flexibility index (Phi) is 3.75. The molecule has 1 amide bonds. The molecule has 0 spiro atoms. The number of thiazole rings is 1. The van der Waals surface area contributed by atoms with Crippen LogP contribution in [0, 0.1) is 11.3 Å². The Morgan fingerprint density at radius 2 is 2.50 bits per heavy atom. The molecule has 5 nitrogen and oxygen atoms in total. The Morgan fingerprint density at radius 1 is 1.67 bits per heavy atom. The molecule has 0 fully saturated rings. The van der Waals surface area contributed by atoms with E-state index in [1.807, 2.05) is 6.07 Å². The average Bonchev–Trinajstić information content (AvgIpc) is 3.04. The maximum Gasteiger partial charge on any atom is 0.273 e. The van der Waals surface area contributed by atoms with E-state index in [1.165, 1.54) is 16.2 Å². The average molecular weight is 261 g/mol. The predicted molar refractivity (Wildman–Crippen MR) is 67.0 cm³/mol. The summed E-state index contributed by atoms with van der Waals surface area (Å²) in [5.74, 6) is 0.470. The third-order valence-electron chi connectivity index (χ3n) is 2.36. The molecule has 2 aromatic heterocycles. The van der Waals surface area contributed by atoms with Crippen molar-refractivity contribution in [2.75, 3.05) is 13.6 Å². The van der Waals surface area contributed by atoms with Gasteiger partial charge in [-0.05, 0) is 12.1 Å². The summed E-state index contributed by atoms with van der Waals surface area (Å²) in [6, 6.07) is 5.58. The van der Waals surface area contributed by atoms with Crippen LogP contribution in [0.1, 0.15) is 16.9 Å². The van der Waals surface area contributed by atoms with Crippen LogP contribution in [0.25, 0.3) is 10.8 Å². The zero-order valence-corrected chi connectivity index (χ0v) is 10.6. The fourth-order valence-corrected chi connectivity index (χ4v) is 2.16. The number of furan rings is 1. The van der Waals surface area contributed by atoms with E-state index in [-0.39, 0.29) is 5.91 Å². The van der Waals surface area contributed by atoms with Gasteiger partial charge < -0.3 is 9.32 Å². The summed E-state index contributed by atoms with van der Waals surface area (Å²) in [4.78, 5) is 17.7. The number of hydrogen-bond acceptors (Lipinski definition) is 5. The number of nitriles is 1. The molecule has 2 aromatic rings. The molecule has 0 atom stereocenters. The van der Waals surface area contributed by atoms with E-state index >= 15 is 0 Å². The first-order valence-corrected chi connectivity index (χ1v) is 6.22. The number of rotatable bonds is 4. The monoisotopic (exact) mass is 261 g/mol. The Morgan fingerprint density at radius 3 is 3.17 bits per heavy atom. The third kappa shape index (κ3) is 2.57. The van der Waals surface area contributed by atoms with Crippen molar-refractivity contribution in [2.24, 2.45) is 0 Å². The van der Waals surface area contributed by atoms with Crippen molar-refractivity contribution >= 4 is 17.2 Å². The van der Waals surface area contributed by atoms with Crippen molar-refractivity contribution in [3.8, 4) is 16.8 Å². The van der Waals surface area contributed by atoms with Crippen molar-refractivity contribution < 1.29 is 9.21 Å². The van der Waals surface area contributed by atoms with Crippen molar-refractivity contribution in [3.05, 3.63) is 29.5 Å². The van der Waals surface area contributed by atoms with Crippen molar-refractivity contribution in [1.29, 1.82) is 5.26 Å². The van der Waals surface area contributed by atoms with Crippen molar-refractivity contribution in [1.82, 2.24) is 9.88 Å². The second-order valence-corrected chi connectivity index (χ2v) is 4.51. The number of hydrogen-bond donors (Lipinski definition) is 0. The normalized spacial score (nSPS) is 10.0.